The third-order valence-corrected chi connectivity index (χ3v) is 18.0. The maximum absolute atomic E-state index is 15.5. The Morgan fingerprint density at radius 3 is 2.35 bits per heavy atom. The van der Waals surface area contributed by atoms with E-state index >= 15 is 18.0 Å². The van der Waals surface area contributed by atoms with Crippen LogP contribution in [0.2, 0.25) is 0 Å². The first-order valence-electron chi connectivity index (χ1n) is 23.0. The summed E-state index contributed by atoms with van der Waals surface area (Å²) in [6.45, 7) is 10.7. The first-order chi connectivity index (χ1) is 32.5. The van der Waals surface area contributed by atoms with Gasteiger partial charge in [-0.1, -0.05) is 32.0 Å². The first-order valence-corrected chi connectivity index (χ1v) is 25.1. The van der Waals surface area contributed by atoms with Gasteiger partial charge in [0.25, 0.3) is 11.8 Å². The molecule has 68 heavy (non-hydrogen) atoms. The van der Waals surface area contributed by atoms with Gasteiger partial charge in [0.15, 0.2) is 5.82 Å². The number of fused-ring (bicyclic) bond motifs is 2. The van der Waals surface area contributed by atoms with E-state index in [-0.39, 0.29) is 48.7 Å². The van der Waals surface area contributed by atoms with Crippen molar-refractivity contribution in [1.29, 1.82) is 0 Å². The number of benzene rings is 3. The van der Waals surface area contributed by atoms with Crippen LogP contribution in [0.5, 0.6) is 0 Å². The van der Waals surface area contributed by atoms with Gasteiger partial charge in [-0.25, -0.2) is 27.4 Å². The highest BCUT2D eigenvalue weighted by molar-refractivity contribution is 7.71. The van der Waals surface area contributed by atoms with E-state index in [4.69, 9.17) is 14.4 Å². The predicted octanol–water partition coefficient (Wildman–Crippen LogP) is 7.95. The lowest BCUT2D eigenvalue weighted by molar-refractivity contribution is -0.130. The van der Waals surface area contributed by atoms with Crippen molar-refractivity contribution in [3.8, 4) is 17.2 Å². The van der Waals surface area contributed by atoms with E-state index in [0.29, 0.717) is 92.2 Å². The Balaban J connectivity index is 1.12. The second-order valence-corrected chi connectivity index (χ2v) is 22.0. The van der Waals surface area contributed by atoms with Crippen molar-refractivity contribution in [3.05, 3.63) is 133 Å². The van der Waals surface area contributed by atoms with Crippen molar-refractivity contribution < 1.29 is 31.8 Å². The number of carbonyl (C=O) groups is 1. The molecule has 1 saturated heterocycles. The molecule has 2 N–H and O–H groups in total. The van der Waals surface area contributed by atoms with Gasteiger partial charge in [-0.3, -0.25) is 23.4 Å². The van der Waals surface area contributed by atoms with E-state index in [1.807, 2.05) is 38.3 Å². The molecule has 2 fully saturated rings. The molecule has 1 amide bonds. The molecule has 0 bridgehead atoms. The third kappa shape index (κ3) is 6.95. The van der Waals surface area contributed by atoms with Crippen molar-refractivity contribution in [2.45, 2.75) is 84.2 Å². The van der Waals surface area contributed by atoms with Crippen molar-refractivity contribution in [2.75, 3.05) is 44.4 Å². The normalized spacial score (nSPS) is 21.3. The highest BCUT2D eigenvalue weighted by Gasteiger charge is 2.59. The Hall–Kier alpha value is -6.39. The fourth-order valence-electron chi connectivity index (χ4n) is 10.8. The van der Waals surface area contributed by atoms with E-state index in [1.165, 1.54) is 9.13 Å². The largest absolute Gasteiger partial charge is 0.438 e. The number of imidazole rings is 1. The molecule has 19 heteroatoms. The summed E-state index contributed by atoms with van der Waals surface area (Å²) in [4.78, 5) is 47.2. The van der Waals surface area contributed by atoms with Gasteiger partial charge < -0.3 is 24.1 Å². The molecular formula is C49H53F3N9O6P. The van der Waals surface area contributed by atoms with Crippen molar-refractivity contribution in [3.63, 3.8) is 0 Å². The summed E-state index contributed by atoms with van der Waals surface area (Å²) in [5, 5.41) is 13.6. The maximum atomic E-state index is 15.5. The molecule has 1 unspecified atom stereocenters. The Labute approximate surface area is 389 Å². The molecule has 0 radical (unpaired) electrons. The van der Waals surface area contributed by atoms with Gasteiger partial charge in [0.2, 0.25) is 0 Å². The zero-order valence-corrected chi connectivity index (χ0v) is 39.8. The molecule has 7 aromatic rings. The Bertz CT molecular complexity index is 3310. The van der Waals surface area contributed by atoms with Gasteiger partial charge >= 0.3 is 11.4 Å². The van der Waals surface area contributed by atoms with E-state index in [1.54, 1.807) is 91.4 Å². The van der Waals surface area contributed by atoms with Gasteiger partial charge in [-0.15, -0.1) is 0 Å². The number of rotatable bonds is 11. The average molecular weight is 952 g/mol. The highest BCUT2D eigenvalue weighted by atomic mass is 31.2. The molecule has 2 aliphatic heterocycles. The average Bonchev–Trinajstić information content (AvgIpc) is 3.82. The number of aromatic amines is 1. The number of H-pyrrole nitrogens is 1. The summed E-state index contributed by atoms with van der Waals surface area (Å²) in [5.74, 6) is -5.17. The number of hydrogen-bond acceptors (Lipinski definition) is 9. The Morgan fingerprint density at radius 2 is 1.71 bits per heavy atom. The number of nitrogens with one attached hydrogen (secondary N) is 2. The van der Waals surface area contributed by atoms with Crippen molar-refractivity contribution >= 4 is 34.9 Å². The number of amides is 1. The topological polar surface area (TPSA) is 167 Å². The Kier molecular flexibility index (Phi) is 10.9. The number of ether oxygens (including phenoxy) is 1. The zero-order valence-electron chi connectivity index (χ0n) is 38.9. The second kappa shape index (κ2) is 16.4. The van der Waals surface area contributed by atoms with Gasteiger partial charge in [-0.05, 0) is 105 Å². The minimum absolute atomic E-state index is 0.109. The van der Waals surface area contributed by atoms with Gasteiger partial charge in [0.05, 0.1) is 29.0 Å². The number of alkyl halides is 2. The van der Waals surface area contributed by atoms with Crippen LogP contribution >= 0.6 is 7.14 Å². The van der Waals surface area contributed by atoms with E-state index in [0.717, 1.165) is 0 Å². The number of anilines is 1. The highest BCUT2D eigenvalue weighted by Crippen LogP contribution is 2.56. The molecule has 4 aromatic heterocycles. The summed E-state index contributed by atoms with van der Waals surface area (Å²) in [6, 6.07) is 14.9. The van der Waals surface area contributed by atoms with Crippen LogP contribution in [0.15, 0.2) is 81.1 Å². The SMILES string of the molecule is CCP(=O)(CC)c1ccc(-n2ccn(-c3c4c(nn3-c3cc(C)c(F)c(C)c3)CCN(C(=O)c3cc5cc(C6CCOCC6(F)F)ccc5n3[C@@]3(c5noc(=O)[nH]5)C[C@@H]3C)[C@H]4C)c2=O)cc1NC. The first kappa shape index (κ1) is 45.4. The summed E-state index contributed by atoms with van der Waals surface area (Å²) in [5.41, 5.74) is 3.56. The summed E-state index contributed by atoms with van der Waals surface area (Å²) in [7, 11) is -0.930. The molecule has 3 aliphatic rings. The summed E-state index contributed by atoms with van der Waals surface area (Å²) >= 11 is 0. The van der Waals surface area contributed by atoms with Crippen LogP contribution in [0.3, 0.4) is 0 Å². The quantitative estimate of drug-likeness (QED) is 0.122. The van der Waals surface area contributed by atoms with Crippen LogP contribution in [-0.4, -0.2) is 89.5 Å². The van der Waals surface area contributed by atoms with E-state index in [2.05, 4.69) is 15.5 Å². The molecule has 3 aromatic carbocycles. The van der Waals surface area contributed by atoms with Crippen molar-refractivity contribution in [2.24, 2.45) is 5.92 Å². The minimum Gasteiger partial charge on any atom is -0.387 e. The second-order valence-electron chi connectivity index (χ2n) is 18.5. The van der Waals surface area contributed by atoms with Gasteiger partial charge in [-0.2, -0.15) is 5.10 Å². The number of carbonyl (C=O) groups excluding carboxylic acids is 1. The molecule has 10 rings (SSSR count). The zero-order chi connectivity index (χ0) is 48.2. The monoisotopic (exact) mass is 951 g/mol. The van der Waals surface area contributed by atoms with Crippen LogP contribution in [0.1, 0.15) is 96.8 Å². The fourth-order valence-corrected chi connectivity index (χ4v) is 12.9. The minimum atomic E-state index is -3.09. The number of aromatic nitrogens is 7. The molecule has 6 heterocycles. The number of halogens is 3. The summed E-state index contributed by atoms with van der Waals surface area (Å²) in [6.07, 6.45) is 5.19. The lowest BCUT2D eigenvalue weighted by atomic mass is 9.88. The van der Waals surface area contributed by atoms with Crippen LogP contribution in [0.4, 0.5) is 18.9 Å². The third-order valence-electron chi connectivity index (χ3n) is 14.7. The molecule has 1 aliphatic carbocycles. The molecule has 15 nitrogen and oxygen atoms in total. The van der Waals surface area contributed by atoms with Crippen LogP contribution in [-0.2, 0) is 21.3 Å². The molecule has 4 atom stereocenters. The number of nitrogens with zero attached hydrogens (tertiary/aromatic N) is 7. The van der Waals surface area contributed by atoms with Crippen LogP contribution in [0, 0.1) is 25.6 Å². The molecule has 0 spiro atoms. The number of aryl methyl sites for hydroxylation is 2. The standard InChI is InChI=1S/C49H53F3N9O6P/c1-8-68(65,9-2)40-13-11-33(24-37(40)53-7)58-17-18-59(47(58)64)43-41-30(6)57(16-14-36(41)55-61(43)34-20-27(3)42(50)28(4)21-34)44(62)39-23-32-22-31(35-15-19-66-26-49(35,51)52)10-12-38(32)60(39)48(25-29(48)5)45-54-46(63)67-56-45/h10-13,17-18,20-24,29-30,35,53H,8-9,14-16,19,25-26H2,1-7H3,(H,54,56,63)/t29-,30-,35?,48-/m0/s1. The number of hydrogen-bond donors (Lipinski definition) is 2. The molecule has 1 saturated carbocycles. The van der Waals surface area contributed by atoms with Gasteiger partial charge in [0, 0.05) is 78.8 Å². The smallest absolute Gasteiger partial charge is 0.387 e. The fraction of sp³-hybridized carbons (Fsp3) is 0.408. The van der Waals surface area contributed by atoms with E-state index in [9.17, 15) is 14.2 Å². The van der Waals surface area contributed by atoms with Crippen LogP contribution in [0.25, 0.3) is 28.1 Å². The van der Waals surface area contributed by atoms with E-state index < -0.39 is 48.6 Å². The van der Waals surface area contributed by atoms with Gasteiger partial charge in [0.1, 0.15) is 36.6 Å². The molecule has 356 valence electrons. The molecular weight excluding hydrogens is 899 g/mol. The predicted molar refractivity (Wildman–Crippen MR) is 252 cm³/mol. The van der Waals surface area contributed by atoms with Crippen LogP contribution < -0.4 is 22.1 Å². The lowest BCUT2D eigenvalue weighted by Crippen LogP contribution is -2.41. The maximum Gasteiger partial charge on any atom is 0.438 e. The summed E-state index contributed by atoms with van der Waals surface area (Å²) < 4.78 is 76.2. The lowest BCUT2D eigenvalue weighted by Gasteiger charge is -2.34. The Morgan fingerprint density at radius 1 is 0.985 bits per heavy atom. The van der Waals surface area contributed by atoms with Crippen molar-refractivity contribution in [1.82, 2.24) is 38.5 Å².